The molecule has 0 radical (unpaired) electrons. The van der Waals surface area contributed by atoms with Crippen molar-refractivity contribution < 1.29 is 9.90 Å². The fourth-order valence-electron chi connectivity index (χ4n) is 2.23. The molecule has 0 spiro atoms. The SMILES string of the molecule is C[SiH2]CCCCCCCCCCCNCCC(=O)O. The number of nitrogens with one attached hydrogen (secondary N) is 1. The Morgan fingerprint density at radius 1 is 0.895 bits per heavy atom. The highest BCUT2D eigenvalue weighted by molar-refractivity contribution is 6.33. The standard InChI is InChI=1S/C15H33NO2Si/c1-19-14-10-8-6-4-2-3-5-7-9-12-16-13-11-15(17)18/h16H,2-14,19H2,1H3,(H,17,18). The second kappa shape index (κ2) is 15.7. The molecule has 0 aliphatic carbocycles. The van der Waals surface area contributed by atoms with Gasteiger partial charge in [0, 0.05) is 16.1 Å². The highest BCUT2D eigenvalue weighted by Crippen LogP contribution is 2.10. The van der Waals surface area contributed by atoms with E-state index in [1.807, 2.05) is 0 Å². The topological polar surface area (TPSA) is 49.3 Å². The minimum Gasteiger partial charge on any atom is -0.481 e. The van der Waals surface area contributed by atoms with Crippen molar-refractivity contribution in [2.45, 2.75) is 76.8 Å². The summed E-state index contributed by atoms with van der Waals surface area (Å²) in [5.41, 5.74) is 0. The number of unbranched alkanes of at least 4 members (excludes halogenated alkanes) is 8. The lowest BCUT2D eigenvalue weighted by Crippen LogP contribution is -2.19. The normalized spacial score (nSPS) is 11.4. The molecule has 0 heterocycles. The maximum atomic E-state index is 10.3. The summed E-state index contributed by atoms with van der Waals surface area (Å²) in [6.07, 6.45) is 12.6. The van der Waals surface area contributed by atoms with Crippen LogP contribution in [0.3, 0.4) is 0 Å². The number of carboxylic acid groups (broad SMARTS) is 1. The van der Waals surface area contributed by atoms with Gasteiger partial charge in [0.15, 0.2) is 0 Å². The Labute approximate surface area is 121 Å². The van der Waals surface area contributed by atoms with Crippen LogP contribution in [0.5, 0.6) is 0 Å². The molecule has 0 bridgehead atoms. The molecule has 0 aromatic heterocycles. The molecule has 0 aliphatic rings. The maximum absolute atomic E-state index is 10.3. The maximum Gasteiger partial charge on any atom is 0.304 e. The fourth-order valence-corrected chi connectivity index (χ4v) is 3.09. The van der Waals surface area contributed by atoms with E-state index in [-0.39, 0.29) is 6.42 Å². The third kappa shape index (κ3) is 17.6. The van der Waals surface area contributed by atoms with Crippen LogP contribution in [0.4, 0.5) is 0 Å². The van der Waals surface area contributed by atoms with Crippen LogP contribution in [0.1, 0.15) is 64.2 Å². The number of hydrogen-bond acceptors (Lipinski definition) is 2. The lowest BCUT2D eigenvalue weighted by molar-refractivity contribution is -0.136. The number of rotatable bonds is 15. The Morgan fingerprint density at radius 2 is 1.42 bits per heavy atom. The van der Waals surface area contributed by atoms with Crippen molar-refractivity contribution in [3.8, 4) is 0 Å². The zero-order chi connectivity index (χ0) is 14.2. The minimum absolute atomic E-state index is 0.237. The van der Waals surface area contributed by atoms with Crippen LogP contribution < -0.4 is 5.32 Å². The highest BCUT2D eigenvalue weighted by Gasteiger charge is 1.95. The molecular formula is C15H33NO2Si. The monoisotopic (exact) mass is 287 g/mol. The van der Waals surface area contributed by atoms with Crippen molar-refractivity contribution in [3.05, 3.63) is 0 Å². The van der Waals surface area contributed by atoms with Crippen LogP contribution in [-0.2, 0) is 4.79 Å². The molecule has 0 aliphatic heterocycles. The molecular weight excluding hydrogens is 254 g/mol. The zero-order valence-corrected chi connectivity index (χ0v) is 14.2. The van der Waals surface area contributed by atoms with Crippen molar-refractivity contribution in [3.63, 3.8) is 0 Å². The molecule has 0 aromatic rings. The van der Waals surface area contributed by atoms with Gasteiger partial charge >= 0.3 is 5.97 Å². The Kier molecular flexibility index (Phi) is 15.4. The summed E-state index contributed by atoms with van der Waals surface area (Å²) in [7, 11) is 0.311. The van der Waals surface area contributed by atoms with Crippen LogP contribution in [0.2, 0.25) is 12.6 Å². The first-order chi connectivity index (χ1) is 9.27. The summed E-state index contributed by atoms with van der Waals surface area (Å²) in [6, 6.07) is 1.54. The smallest absolute Gasteiger partial charge is 0.304 e. The van der Waals surface area contributed by atoms with E-state index in [9.17, 15) is 4.79 Å². The van der Waals surface area contributed by atoms with E-state index in [1.165, 1.54) is 63.8 Å². The molecule has 114 valence electrons. The Balaban J connectivity index is 2.93. The number of carbonyl (C=O) groups is 1. The molecule has 0 rings (SSSR count). The van der Waals surface area contributed by atoms with E-state index in [4.69, 9.17) is 5.11 Å². The lowest BCUT2D eigenvalue weighted by atomic mass is 10.1. The van der Waals surface area contributed by atoms with Crippen LogP contribution in [0.25, 0.3) is 0 Å². The van der Waals surface area contributed by atoms with Gasteiger partial charge in [-0.3, -0.25) is 4.79 Å². The van der Waals surface area contributed by atoms with Gasteiger partial charge < -0.3 is 10.4 Å². The van der Waals surface area contributed by atoms with Crippen LogP contribution in [0, 0.1) is 0 Å². The molecule has 0 fully saturated rings. The zero-order valence-electron chi connectivity index (χ0n) is 12.8. The average Bonchev–Trinajstić information content (AvgIpc) is 2.39. The number of hydrogen-bond donors (Lipinski definition) is 2. The van der Waals surface area contributed by atoms with Gasteiger partial charge in [-0.25, -0.2) is 0 Å². The Bertz CT molecular complexity index is 201. The Hall–Kier alpha value is -0.353. The van der Waals surface area contributed by atoms with E-state index in [0.29, 0.717) is 16.1 Å². The van der Waals surface area contributed by atoms with E-state index in [0.717, 1.165) is 6.54 Å². The van der Waals surface area contributed by atoms with Gasteiger partial charge in [0.25, 0.3) is 0 Å². The second-order valence-electron chi connectivity index (χ2n) is 5.43. The predicted octanol–water partition coefficient (Wildman–Crippen LogP) is 3.20. The molecule has 3 nitrogen and oxygen atoms in total. The van der Waals surface area contributed by atoms with Crippen molar-refractivity contribution >= 4 is 15.5 Å². The lowest BCUT2D eigenvalue weighted by Gasteiger charge is -2.04. The number of aliphatic carboxylic acids is 1. The predicted molar refractivity (Wildman–Crippen MR) is 85.9 cm³/mol. The summed E-state index contributed by atoms with van der Waals surface area (Å²) in [4.78, 5) is 10.3. The minimum atomic E-state index is -0.714. The van der Waals surface area contributed by atoms with Gasteiger partial charge in [0.2, 0.25) is 0 Å². The molecule has 0 atom stereocenters. The van der Waals surface area contributed by atoms with Gasteiger partial charge in [-0.1, -0.05) is 64.0 Å². The Morgan fingerprint density at radius 3 is 1.95 bits per heavy atom. The van der Waals surface area contributed by atoms with Gasteiger partial charge in [0.05, 0.1) is 6.42 Å². The van der Waals surface area contributed by atoms with Gasteiger partial charge in [-0.15, -0.1) is 0 Å². The molecule has 2 N–H and O–H groups in total. The molecule has 0 saturated carbocycles. The third-order valence-corrected chi connectivity index (χ3v) is 4.68. The van der Waals surface area contributed by atoms with Gasteiger partial charge in [-0.05, 0) is 13.0 Å². The molecule has 0 amide bonds. The van der Waals surface area contributed by atoms with Crippen molar-refractivity contribution in [2.24, 2.45) is 0 Å². The van der Waals surface area contributed by atoms with E-state index < -0.39 is 5.97 Å². The number of carboxylic acids is 1. The molecule has 0 aromatic carbocycles. The first-order valence-corrected chi connectivity index (χ1v) is 10.6. The quantitative estimate of drug-likeness (QED) is 0.359. The highest BCUT2D eigenvalue weighted by atomic mass is 28.2. The summed E-state index contributed by atoms with van der Waals surface area (Å²) < 4.78 is 0. The van der Waals surface area contributed by atoms with Gasteiger partial charge in [0.1, 0.15) is 0 Å². The van der Waals surface area contributed by atoms with Crippen LogP contribution in [-0.4, -0.2) is 33.7 Å². The fraction of sp³-hybridized carbons (Fsp3) is 0.933. The first-order valence-electron chi connectivity index (χ1n) is 8.20. The largest absolute Gasteiger partial charge is 0.481 e. The molecule has 0 saturated heterocycles. The third-order valence-electron chi connectivity index (χ3n) is 3.47. The van der Waals surface area contributed by atoms with Crippen molar-refractivity contribution in [2.75, 3.05) is 13.1 Å². The summed E-state index contributed by atoms with van der Waals surface area (Å²) in [6.45, 7) is 3.97. The second-order valence-corrected chi connectivity index (χ2v) is 7.14. The van der Waals surface area contributed by atoms with Crippen molar-refractivity contribution in [1.82, 2.24) is 5.32 Å². The van der Waals surface area contributed by atoms with E-state index >= 15 is 0 Å². The van der Waals surface area contributed by atoms with Crippen LogP contribution in [0.15, 0.2) is 0 Å². The molecule has 0 unspecified atom stereocenters. The molecule has 4 heteroatoms. The summed E-state index contributed by atoms with van der Waals surface area (Å²) >= 11 is 0. The first kappa shape index (κ1) is 18.6. The summed E-state index contributed by atoms with van der Waals surface area (Å²) in [5, 5.41) is 11.6. The van der Waals surface area contributed by atoms with Gasteiger partial charge in [-0.2, -0.15) is 0 Å². The summed E-state index contributed by atoms with van der Waals surface area (Å²) in [5.74, 6) is -0.714. The van der Waals surface area contributed by atoms with Crippen molar-refractivity contribution in [1.29, 1.82) is 0 Å². The molecule has 19 heavy (non-hydrogen) atoms. The average molecular weight is 288 g/mol. The van der Waals surface area contributed by atoms with E-state index in [2.05, 4.69) is 11.9 Å². The van der Waals surface area contributed by atoms with Crippen LogP contribution >= 0.6 is 0 Å². The van der Waals surface area contributed by atoms with E-state index in [1.54, 1.807) is 0 Å².